The number of nitrogens with two attached hydrogens (primary N) is 1. The molecular weight excluding hydrogens is 454 g/mol. The lowest BCUT2D eigenvalue weighted by atomic mass is 9.63. The van der Waals surface area contributed by atoms with Crippen molar-refractivity contribution in [2.24, 2.45) is 5.41 Å². The van der Waals surface area contributed by atoms with E-state index >= 15 is 0 Å². The Labute approximate surface area is 211 Å². The number of fused-ring (bicyclic) bond motifs is 1. The molecule has 3 aromatic heterocycles. The van der Waals surface area contributed by atoms with Crippen molar-refractivity contribution in [2.45, 2.75) is 51.5 Å². The van der Waals surface area contributed by atoms with Gasteiger partial charge in [-0.15, -0.1) is 0 Å². The van der Waals surface area contributed by atoms with Crippen LogP contribution in [-0.2, 0) is 4.74 Å². The summed E-state index contributed by atoms with van der Waals surface area (Å²) < 4.78 is 5.05. The molecule has 0 bridgehead atoms. The van der Waals surface area contributed by atoms with Crippen LogP contribution in [0, 0.1) is 5.41 Å². The number of nitrogens with zero attached hydrogens (tertiary/aromatic N) is 5. The Kier molecular flexibility index (Phi) is 5.87. The molecule has 1 amide bonds. The molecule has 0 radical (unpaired) electrons. The fraction of sp³-hybridized carbons (Fsp3) is 0.481. The molecule has 9 heteroatoms. The maximum Gasteiger partial charge on any atom is 0.415 e. The molecule has 1 unspecified atom stereocenters. The topological polar surface area (TPSA) is 109 Å². The summed E-state index contributed by atoms with van der Waals surface area (Å²) >= 11 is 0. The molecule has 3 aromatic rings. The van der Waals surface area contributed by atoms with E-state index < -0.39 is 6.09 Å². The Bertz CT molecular complexity index is 1280. The predicted molar refractivity (Wildman–Crippen MR) is 140 cm³/mol. The van der Waals surface area contributed by atoms with Crippen molar-refractivity contribution in [1.82, 2.24) is 19.9 Å². The zero-order valence-electron chi connectivity index (χ0n) is 20.7. The fourth-order valence-corrected chi connectivity index (χ4v) is 6.01. The third-order valence-corrected chi connectivity index (χ3v) is 8.29. The normalized spacial score (nSPS) is 20.4. The van der Waals surface area contributed by atoms with Crippen molar-refractivity contribution in [1.29, 1.82) is 0 Å². The molecule has 1 aliphatic carbocycles. The summed E-state index contributed by atoms with van der Waals surface area (Å²) in [6.45, 7) is 5.43. The molecule has 36 heavy (non-hydrogen) atoms. The van der Waals surface area contributed by atoms with Crippen LogP contribution in [0.4, 0.5) is 28.1 Å². The number of rotatable bonds is 6. The number of hydrogen-bond donors (Lipinski definition) is 2. The number of nitrogens with one attached hydrogen (secondary N) is 1. The first-order valence-corrected chi connectivity index (χ1v) is 13.0. The smallest absolute Gasteiger partial charge is 0.415 e. The van der Waals surface area contributed by atoms with E-state index in [0.29, 0.717) is 42.1 Å². The molecule has 9 nitrogen and oxygen atoms in total. The highest BCUT2D eigenvalue weighted by atomic mass is 16.6. The molecule has 0 aromatic carbocycles. The molecule has 3 fully saturated rings. The Morgan fingerprint density at radius 3 is 2.61 bits per heavy atom. The number of amides is 1. The number of carbonyl (C=O) groups excluding carboxylic acids is 1. The minimum atomic E-state index is -0.406. The first-order valence-electron chi connectivity index (χ1n) is 13.0. The van der Waals surface area contributed by atoms with Crippen molar-refractivity contribution in [3.8, 4) is 0 Å². The zero-order valence-corrected chi connectivity index (χ0v) is 20.7. The van der Waals surface area contributed by atoms with Crippen LogP contribution in [0.25, 0.3) is 10.8 Å². The second-order valence-electron chi connectivity index (χ2n) is 10.3. The van der Waals surface area contributed by atoms with Crippen molar-refractivity contribution in [3.05, 3.63) is 42.2 Å². The minimum Gasteiger partial charge on any atom is -0.447 e. The van der Waals surface area contributed by atoms with Crippen LogP contribution < -0.4 is 16.0 Å². The van der Waals surface area contributed by atoms with Gasteiger partial charge in [0.1, 0.15) is 29.9 Å². The molecule has 1 spiro atoms. The number of hydrogen-bond acceptors (Lipinski definition) is 8. The highest BCUT2D eigenvalue weighted by molar-refractivity contribution is 5.97. The van der Waals surface area contributed by atoms with E-state index in [1.807, 2.05) is 18.3 Å². The number of aromatic nitrogens is 3. The minimum absolute atomic E-state index is 0.331. The van der Waals surface area contributed by atoms with Gasteiger partial charge < -0.3 is 15.8 Å². The van der Waals surface area contributed by atoms with Gasteiger partial charge >= 0.3 is 6.09 Å². The van der Waals surface area contributed by atoms with Gasteiger partial charge in [0.2, 0.25) is 0 Å². The Morgan fingerprint density at radius 2 is 1.92 bits per heavy atom. The van der Waals surface area contributed by atoms with E-state index in [1.165, 1.54) is 55.7 Å². The summed E-state index contributed by atoms with van der Waals surface area (Å²) in [5.41, 5.74) is 8.10. The first-order chi connectivity index (χ1) is 17.5. The molecule has 188 valence electrons. The lowest BCUT2D eigenvalue weighted by Crippen LogP contribution is -2.44. The van der Waals surface area contributed by atoms with Crippen LogP contribution >= 0.6 is 0 Å². The molecule has 5 heterocycles. The quantitative estimate of drug-likeness (QED) is 0.499. The number of ether oxygens (including phenoxy) is 1. The van der Waals surface area contributed by atoms with Crippen LogP contribution in [0.2, 0.25) is 0 Å². The monoisotopic (exact) mass is 487 g/mol. The summed E-state index contributed by atoms with van der Waals surface area (Å²) in [4.78, 5) is 29.6. The second kappa shape index (κ2) is 9.20. The lowest BCUT2D eigenvalue weighted by molar-refractivity contribution is 0.0147. The molecule has 1 saturated carbocycles. The highest BCUT2D eigenvalue weighted by Crippen LogP contribution is 2.50. The average molecular weight is 488 g/mol. The third kappa shape index (κ3) is 4.21. The summed E-state index contributed by atoms with van der Waals surface area (Å²) in [6, 6.07) is 8.42. The fourth-order valence-electron chi connectivity index (χ4n) is 6.01. The van der Waals surface area contributed by atoms with Crippen molar-refractivity contribution >= 4 is 40.1 Å². The van der Waals surface area contributed by atoms with Gasteiger partial charge in [-0.3, -0.25) is 9.80 Å². The lowest BCUT2D eigenvalue weighted by Gasteiger charge is -2.49. The largest absolute Gasteiger partial charge is 0.447 e. The molecule has 2 saturated heterocycles. The first kappa shape index (κ1) is 23.0. The van der Waals surface area contributed by atoms with E-state index in [2.05, 4.69) is 44.2 Å². The number of cyclic esters (lactones) is 1. The third-order valence-electron chi connectivity index (χ3n) is 8.29. The molecular formula is C27H33N7O2. The van der Waals surface area contributed by atoms with Crippen LogP contribution in [0.3, 0.4) is 0 Å². The van der Waals surface area contributed by atoms with Crippen molar-refractivity contribution in [3.63, 3.8) is 0 Å². The summed E-state index contributed by atoms with van der Waals surface area (Å²) in [5.74, 6) is 2.23. The molecule has 1 atom stereocenters. The van der Waals surface area contributed by atoms with Gasteiger partial charge in [0.15, 0.2) is 0 Å². The summed E-state index contributed by atoms with van der Waals surface area (Å²) in [7, 11) is 0. The molecule has 6 rings (SSSR count). The van der Waals surface area contributed by atoms with Crippen molar-refractivity contribution < 1.29 is 9.53 Å². The molecule has 3 N–H and O–H groups in total. The molecule has 3 aliphatic rings. The SMILES string of the molecule is CCC(c1ccnc(Nc2cc3cc(N4CCOC4=O)nc(N)c3cn2)c1)N1CCC2(CCC2)CC1. The van der Waals surface area contributed by atoms with Gasteiger partial charge in [-0.25, -0.2) is 19.7 Å². The number of nitrogen functional groups attached to an aromatic ring is 1. The van der Waals surface area contributed by atoms with Gasteiger partial charge in [-0.2, -0.15) is 0 Å². The van der Waals surface area contributed by atoms with E-state index in [1.54, 1.807) is 6.20 Å². The standard InChI is InChI=1S/C27H33N7O2/c1-2-21(33-10-7-27(8-11-33)5-3-6-27)18-4-9-29-22(14-18)31-23-15-19-16-24(34-12-13-36-26(34)35)32-25(28)20(19)17-30-23/h4,9,14-17,21H,2-3,5-8,10-13H2,1H3,(H2,28,32)(H,29,30,31). The van der Waals surface area contributed by atoms with Gasteiger partial charge in [-0.05, 0) is 85.8 Å². The second-order valence-corrected chi connectivity index (χ2v) is 10.3. The Hall–Kier alpha value is -3.46. The predicted octanol–water partition coefficient (Wildman–Crippen LogP) is 5.02. The maximum absolute atomic E-state index is 12.0. The van der Waals surface area contributed by atoms with Gasteiger partial charge in [0.05, 0.1) is 6.54 Å². The van der Waals surface area contributed by atoms with Gasteiger partial charge in [0, 0.05) is 23.8 Å². The van der Waals surface area contributed by atoms with Crippen LogP contribution in [0.1, 0.15) is 57.1 Å². The average Bonchev–Trinajstić information content (AvgIpc) is 3.30. The number of pyridine rings is 3. The number of anilines is 4. The summed E-state index contributed by atoms with van der Waals surface area (Å²) in [6.07, 6.45) is 11.2. The van der Waals surface area contributed by atoms with Crippen LogP contribution in [0.5, 0.6) is 0 Å². The zero-order chi connectivity index (χ0) is 24.7. The van der Waals surface area contributed by atoms with E-state index in [-0.39, 0.29) is 0 Å². The van der Waals surface area contributed by atoms with Gasteiger partial charge in [-0.1, -0.05) is 13.3 Å². The Balaban J connectivity index is 1.22. The molecule has 2 aliphatic heterocycles. The van der Waals surface area contributed by atoms with E-state index in [9.17, 15) is 4.79 Å². The van der Waals surface area contributed by atoms with Crippen molar-refractivity contribution in [2.75, 3.05) is 42.2 Å². The van der Waals surface area contributed by atoms with E-state index in [0.717, 1.165) is 23.0 Å². The number of carbonyl (C=O) groups is 1. The Morgan fingerprint density at radius 1 is 1.11 bits per heavy atom. The van der Waals surface area contributed by atoms with Crippen LogP contribution in [-0.4, -0.2) is 52.2 Å². The summed E-state index contributed by atoms with van der Waals surface area (Å²) in [5, 5.41) is 4.94. The number of piperidine rings is 1. The van der Waals surface area contributed by atoms with Crippen LogP contribution in [0.15, 0.2) is 36.7 Å². The maximum atomic E-state index is 12.0. The number of likely N-dealkylation sites (tertiary alicyclic amines) is 1. The van der Waals surface area contributed by atoms with E-state index in [4.69, 9.17) is 10.5 Å². The highest BCUT2D eigenvalue weighted by Gasteiger charge is 2.40. The van der Waals surface area contributed by atoms with Gasteiger partial charge in [0.25, 0.3) is 0 Å².